The largest absolute Gasteiger partial charge is 0.206 e. The Hall–Kier alpha value is -1.59. The average Bonchev–Trinajstić information content (AvgIpc) is 2.55. The van der Waals surface area contributed by atoms with E-state index in [4.69, 9.17) is 11.6 Å². The minimum Gasteiger partial charge on any atom is -0.206 e. The number of halogens is 3. The van der Waals surface area contributed by atoms with Crippen LogP contribution >= 0.6 is 11.6 Å². The molecule has 1 aromatic rings. The summed E-state index contributed by atoms with van der Waals surface area (Å²) < 4.78 is 28.3. The molecule has 1 saturated carbocycles. The summed E-state index contributed by atoms with van der Waals surface area (Å²) in [5.41, 5.74) is 0.546. The molecule has 0 spiro atoms. The number of allylic oxidation sites excluding steroid dienone is 2. The molecule has 0 atom stereocenters. The predicted molar refractivity (Wildman–Crippen MR) is 96.8 cm³/mol. The molecule has 1 aromatic carbocycles. The molecule has 0 aliphatic heterocycles. The van der Waals surface area contributed by atoms with Crippen LogP contribution < -0.4 is 0 Å². The molecule has 0 saturated heterocycles. The van der Waals surface area contributed by atoms with Crippen molar-refractivity contribution < 1.29 is 8.78 Å². The normalized spacial score (nSPS) is 20.1. The average molecular weight is 349 g/mol. The van der Waals surface area contributed by atoms with Gasteiger partial charge in [-0.3, -0.25) is 0 Å². The highest BCUT2D eigenvalue weighted by Gasteiger charge is 2.21. The molecule has 0 heterocycles. The number of hydrogen-bond donors (Lipinski definition) is 0. The van der Waals surface area contributed by atoms with Crippen LogP contribution in [0.25, 0.3) is 0 Å². The van der Waals surface area contributed by atoms with Gasteiger partial charge in [0.1, 0.15) is 11.6 Å². The van der Waals surface area contributed by atoms with Crippen molar-refractivity contribution in [2.75, 3.05) is 0 Å². The van der Waals surface area contributed by atoms with E-state index in [2.05, 4.69) is 25.0 Å². The third-order valence-corrected chi connectivity index (χ3v) is 4.86. The van der Waals surface area contributed by atoms with E-state index in [9.17, 15) is 8.78 Å². The van der Waals surface area contributed by atoms with Crippen molar-refractivity contribution in [1.29, 1.82) is 0 Å². The van der Waals surface area contributed by atoms with Crippen molar-refractivity contribution in [2.45, 2.75) is 44.9 Å². The van der Waals surface area contributed by atoms with Crippen LogP contribution in [0.1, 0.15) is 49.7 Å². The van der Waals surface area contributed by atoms with Crippen LogP contribution in [0.15, 0.2) is 36.4 Å². The van der Waals surface area contributed by atoms with Crippen molar-refractivity contribution in [3.8, 4) is 11.8 Å². The zero-order chi connectivity index (χ0) is 17.5. The Labute approximate surface area is 148 Å². The van der Waals surface area contributed by atoms with E-state index in [1.54, 1.807) is 6.08 Å². The van der Waals surface area contributed by atoms with Crippen LogP contribution in [-0.4, -0.2) is 0 Å². The van der Waals surface area contributed by atoms with E-state index in [-0.39, 0.29) is 11.5 Å². The van der Waals surface area contributed by atoms with Gasteiger partial charge < -0.3 is 0 Å². The molecule has 0 radical (unpaired) electrons. The summed E-state index contributed by atoms with van der Waals surface area (Å²) in [6.07, 6.45) is 7.79. The van der Waals surface area contributed by atoms with Crippen LogP contribution in [0.3, 0.4) is 0 Å². The summed E-state index contributed by atoms with van der Waals surface area (Å²) in [4.78, 5) is 0. The van der Waals surface area contributed by atoms with Crippen LogP contribution in [0.4, 0.5) is 8.78 Å². The molecule has 0 unspecified atom stereocenters. The molecule has 0 bridgehead atoms. The Kier molecular flexibility index (Phi) is 7.06. The van der Waals surface area contributed by atoms with E-state index in [0.717, 1.165) is 38.5 Å². The summed E-state index contributed by atoms with van der Waals surface area (Å²) in [6.45, 7) is 7.43. The SMILES string of the molecule is C=CCCCc1cc(F)c(C#CC2CCC(C(=C)Cl)CC2)c(F)c1. The first-order chi connectivity index (χ1) is 11.5. The van der Waals surface area contributed by atoms with Crippen molar-refractivity contribution in [1.82, 2.24) is 0 Å². The molecule has 24 heavy (non-hydrogen) atoms. The van der Waals surface area contributed by atoms with Gasteiger partial charge in [0.05, 0.1) is 5.56 Å². The third-order valence-electron chi connectivity index (χ3n) is 4.55. The number of unbranched alkanes of at least 4 members (excludes halogenated alkanes) is 1. The fourth-order valence-corrected chi connectivity index (χ4v) is 3.28. The number of rotatable bonds is 5. The van der Waals surface area contributed by atoms with E-state index in [1.165, 1.54) is 12.1 Å². The van der Waals surface area contributed by atoms with Gasteiger partial charge in [0.15, 0.2) is 0 Å². The summed E-state index contributed by atoms with van der Waals surface area (Å²) in [5.74, 6) is 5.12. The van der Waals surface area contributed by atoms with Gasteiger partial charge >= 0.3 is 0 Å². The maximum absolute atomic E-state index is 14.2. The van der Waals surface area contributed by atoms with Gasteiger partial charge in [-0.25, -0.2) is 8.78 Å². The van der Waals surface area contributed by atoms with Gasteiger partial charge in [-0.2, -0.15) is 0 Å². The highest BCUT2D eigenvalue weighted by Crippen LogP contribution is 2.33. The summed E-state index contributed by atoms with van der Waals surface area (Å²) >= 11 is 5.94. The number of hydrogen-bond acceptors (Lipinski definition) is 0. The fraction of sp³-hybridized carbons (Fsp3) is 0.429. The maximum Gasteiger partial charge on any atom is 0.142 e. The minimum atomic E-state index is -0.570. The molecule has 0 N–H and O–H groups in total. The Morgan fingerprint density at radius 1 is 1.21 bits per heavy atom. The smallest absolute Gasteiger partial charge is 0.142 e. The monoisotopic (exact) mass is 348 g/mol. The van der Waals surface area contributed by atoms with Crippen LogP contribution in [0.2, 0.25) is 0 Å². The topological polar surface area (TPSA) is 0 Å². The molecular weight excluding hydrogens is 326 g/mol. The van der Waals surface area contributed by atoms with Gasteiger partial charge in [-0.1, -0.05) is 36.1 Å². The summed E-state index contributed by atoms with van der Waals surface area (Å²) in [6, 6.07) is 2.79. The zero-order valence-corrected chi connectivity index (χ0v) is 14.6. The van der Waals surface area contributed by atoms with Crippen molar-refractivity contribution in [3.05, 3.63) is 59.2 Å². The predicted octanol–water partition coefficient (Wildman–Crippen LogP) is 6.38. The first kappa shape index (κ1) is 18.7. The van der Waals surface area contributed by atoms with Gasteiger partial charge in [-0.15, -0.1) is 6.58 Å². The van der Waals surface area contributed by atoms with Crippen molar-refractivity contribution in [3.63, 3.8) is 0 Å². The maximum atomic E-state index is 14.2. The van der Waals surface area contributed by atoms with E-state index < -0.39 is 11.6 Å². The second-order valence-electron chi connectivity index (χ2n) is 6.38. The summed E-state index contributed by atoms with van der Waals surface area (Å²) in [7, 11) is 0. The van der Waals surface area contributed by atoms with Gasteiger partial charge in [0.25, 0.3) is 0 Å². The standard InChI is InChI=1S/C21H23ClF2/c1-3-4-5-6-17-13-20(23)19(21(24)14-17)12-9-16-7-10-18(11-8-16)15(2)22/h3,13-14,16,18H,1-2,4-8,10-11H2. The van der Waals surface area contributed by atoms with Crippen molar-refractivity contribution in [2.24, 2.45) is 11.8 Å². The second-order valence-corrected chi connectivity index (χ2v) is 6.87. The quantitative estimate of drug-likeness (QED) is 0.329. The molecule has 1 aliphatic carbocycles. The molecule has 128 valence electrons. The molecule has 1 fully saturated rings. The van der Waals surface area contributed by atoms with E-state index >= 15 is 0 Å². The molecule has 0 aromatic heterocycles. The first-order valence-electron chi connectivity index (χ1n) is 8.46. The van der Waals surface area contributed by atoms with E-state index in [0.29, 0.717) is 22.9 Å². The molecule has 3 heteroatoms. The first-order valence-corrected chi connectivity index (χ1v) is 8.83. The minimum absolute atomic E-state index is 0.119. The van der Waals surface area contributed by atoms with Crippen LogP contribution in [0, 0.1) is 35.3 Å². The number of benzene rings is 1. The van der Waals surface area contributed by atoms with Crippen LogP contribution in [-0.2, 0) is 6.42 Å². The molecule has 2 rings (SSSR count). The Morgan fingerprint density at radius 2 is 1.83 bits per heavy atom. The summed E-state index contributed by atoms with van der Waals surface area (Å²) in [5, 5.41) is 0.700. The zero-order valence-electron chi connectivity index (χ0n) is 13.9. The Balaban J connectivity index is 2.03. The molecule has 1 aliphatic rings. The highest BCUT2D eigenvalue weighted by atomic mass is 35.5. The molecule has 0 nitrogen and oxygen atoms in total. The fourth-order valence-electron chi connectivity index (χ4n) is 3.07. The van der Waals surface area contributed by atoms with Crippen LogP contribution in [0.5, 0.6) is 0 Å². The van der Waals surface area contributed by atoms with E-state index in [1.807, 2.05) is 0 Å². The van der Waals surface area contributed by atoms with Gasteiger partial charge in [0.2, 0.25) is 0 Å². The Morgan fingerprint density at radius 3 is 2.38 bits per heavy atom. The Bertz CT molecular complexity index is 635. The van der Waals surface area contributed by atoms with Gasteiger partial charge in [-0.05, 0) is 68.6 Å². The lowest BCUT2D eigenvalue weighted by molar-refractivity contribution is 0.361. The molecular formula is C21H23ClF2. The second kappa shape index (κ2) is 9.04. The lowest BCUT2D eigenvalue weighted by atomic mass is 9.82. The number of aryl methyl sites for hydroxylation is 1. The lowest BCUT2D eigenvalue weighted by Gasteiger charge is -2.24. The third kappa shape index (κ3) is 5.21. The van der Waals surface area contributed by atoms with Gasteiger partial charge in [0, 0.05) is 11.0 Å². The lowest BCUT2D eigenvalue weighted by Crippen LogP contribution is -2.13. The molecule has 0 amide bonds. The highest BCUT2D eigenvalue weighted by molar-refractivity contribution is 6.29. The van der Waals surface area contributed by atoms with Crippen molar-refractivity contribution >= 4 is 11.6 Å².